The molecule has 4 rings (SSSR count). The second-order valence-corrected chi connectivity index (χ2v) is 8.65. The van der Waals surface area contributed by atoms with Crippen molar-refractivity contribution in [3.63, 3.8) is 0 Å². The summed E-state index contributed by atoms with van der Waals surface area (Å²) in [4.78, 5) is 11.4. The molecule has 1 N–H and O–H groups in total. The lowest BCUT2D eigenvalue weighted by Crippen LogP contribution is -2.26. The fraction of sp³-hybridized carbons (Fsp3) is 0.474. The molecule has 3 aromatic rings. The molecule has 142 valence electrons. The van der Waals surface area contributed by atoms with Gasteiger partial charge in [0.25, 0.3) is 0 Å². The minimum absolute atomic E-state index is 0.379. The zero-order valence-electron chi connectivity index (χ0n) is 16.2. The Labute approximate surface area is 163 Å². The van der Waals surface area contributed by atoms with Crippen molar-refractivity contribution in [1.29, 1.82) is 0 Å². The maximum absolute atomic E-state index is 4.72. The van der Waals surface area contributed by atoms with Gasteiger partial charge in [-0.2, -0.15) is 9.47 Å². The van der Waals surface area contributed by atoms with Crippen molar-refractivity contribution in [2.45, 2.75) is 33.2 Å². The van der Waals surface area contributed by atoms with Crippen LogP contribution in [0, 0.1) is 19.3 Å². The summed E-state index contributed by atoms with van der Waals surface area (Å²) >= 11 is 1.41. The Hall–Kier alpha value is -2.32. The van der Waals surface area contributed by atoms with E-state index in [1.54, 1.807) is 0 Å². The normalized spacial score (nSPS) is 15.3. The Kier molecular flexibility index (Phi) is 4.69. The van der Waals surface area contributed by atoms with Gasteiger partial charge in [-0.1, -0.05) is 0 Å². The van der Waals surface area contributed by atoms with Crippen LogP contribution in [-0.2, 0) is 6.54 Å². The van der Waals surface area contributed by atoms with Gasteiger partial charge >= 0.3 is 0 Å². The second kappa shape index (κ2) is 7.01. The lowest BCUT2D eigenvalue weighted by Gasteiger charge is -2.19. The molecule has 1 fully saturated rings. The number of aromatic nitrogens is 5. The first kappa shape index (κ1) is 18.1. The van der Waals surface area contributed by atoms with Crippen LogP contribution in [0.15, 0.2) is 24.7 Å². The number of aryl methyl sites for hydroxylation is 2. The first-order valence-corrected chi connectivity index (χ1v) is 9.91. The topological polar surface area (TPSA) is 71.8 Å². The van der Waals surface area contributed by atoms with Gasteiger partial charge in [-0.3, -0.25) is 4.68 Å². The molecule has 0 spiro atoms. The third-order valence-electron chi connectivity index (χ3n) is 4.85. The molecule has 27 heavy (non-hydrogen) atoms. The number of nitrogens with one attached hydrogen (secondary N) is 1. The maximum atomic E-state index is 4.72. The SMILES string of the molecule is Cc1cc(Nc2ncc(C)c(-c3cnn(CC4(CN(C)C)CC4)c3)n2)sn1. The molecule has 0 radical (unpaired) electrons. The molecule has 3 heterocycles. The average Bonchev–Trinajstić information content (AvgIpc) is 3.00. The standard InChI is InChI=1S/C19H25N7S/c1-13-8-20-18(22-16-7-14(2)24-27-16)23-17(13)15-9-21-26(10-15)12-19(5-6-19)11-25(3)4/h7-10H,5-6,11-12H2,1-4H3,(H,20,22,23). The minimum atomic E-state index is 0.379. The van der Waals surface area contributed by atoms with Crippen LogP contribution in [0.4, 0.5) is 10.9 Å². The summed E-state index contributed by atoms with van der Waals surface area (Å²) in [7, 11) is 4.27. The highest BCUT2D eigenvalue weighted by Crippen LogP contribution is 2.47. The van der Waals surface area contributed by atoms with E-state index in [0.717, 1.165) is 40.6 Å². The third kappa shape index (κ3) is 4.17. The molecule has 0 atom stereocenters. The first-order valence-electron chi connectivity index (χ1n) is 9.14. The predicted molar refractivity (Wildman–Crippen MR) is 108 cm³/mol. The van der Waals surface area contributed by atoms with Crippen LogP contribution in [0.25, 0.3) is 11.3 Å². The first-order chi connectivity index (χ1) is 12.9. The third-order valence-corrected chi connectivity index (χ3v) is 5.64. The largest absolute Gasteiger partial charge is 0.314 e. The lowest BCUT2D eigenvalue weighted by atomic mass is 10.1. The van der Waals surface area contributed by atoms with Gasteiger partial charge in [0.05, 0.1) is 17.6 Å². The Morgan fingerprint density at radius 2 is 2.07 bits per heavy atom. The number of anilines is 2. The van der Waals surface area contributed by atoms with E-state index in [-0.39, 0.29) is 0 Å². The number of hydrogen-bond donors (Lipinski definition) is 1. The Morgan fingerprint density at radius 3 is 2.74 bits per heavy atom. The monoisotopic (exact) mass is 383 g/mol. The fourth-order valence-electron chi connectivity index (χ4n) is 3.46. The molecule has 3 aromatic heterocycles. The zero-order chi connectivity index (χ0) is 19.0. The number of rotatable bonds is 7. The molecule has 8 heteroatoms. The van der Waals surface area contributed by atoms with Crippen molar-refractivity contribution < 1.29 is 0 Å². The van der Waals surface area contributed by atoms with Crippen LogP contribution in [-0.4, -0.2) is 49.7 Å². The molecule has 1 aliphatic rings. The van der Waals surface area contributed by atoms with Crippen LogP contribution >= 0.6 is 11.5 Å². The van der Waals surface area contributed by atoms with E-state index in [1.165, 1.54) is 24.4 Å². The van der Waals surface area contributed by atoms with Crippen molar-refractivity contribution in [3.8, 4) is 11.3 Å². The van der Waals surface area contributed by atoms with Crippen molar-refractivity contribution in [2.24, 2.45) is 5.41 Å². The van der Waals surface area contributed by atoms with Crippen LogP contribution in [0.3, 0.4) is 0 Å². The summed E-state index contributed by atoms with van der Waals surface area (Å²) in [6.07, 6.45) is 8.40. The second-order valence-electron chi connectivity index (χ2n) is 7.85. The summed E-state index contributed by atoms with van der Waals surface area (Å²) in [6.45, 7) is 6.07. The lowest BCUT2D eigenvalue weighted by molar-refractivity contribution is 0.273. The highest BCUT2D eigenvalue weighted by Gasteiger charge is 2.43. The molecular formula is C19H25N7S. The van der Waals surface area contributed by atoms with Gasteiger partial charge in [-0.25, -0.2) is 9.97 Å². The summed E-state index contributed by atoms with van der Waals surface area (Å²) in [5, 5.41) is 8.77. The van der Waals surface area contributed by atoms with Crippen molar-refractivity contribution in [3.05, 3.63) is 35.9 Å². The summed E-state index contributed by atoms with van der Waals surface area (Å²) in [5.41, 5.74) is 4.35. The molecule has 0 bridgehead atoms. The molecule has 0 aromatic carbocycles. The van der Waals surface area contributed by atoms with Gasteiger partial charge < -0.3 is 10.2 Å². The molecule has 1 aliphatic carbocycles. The Bertz CT molecular complexity index is 939. The molecule has 0 unspecified atom stereocenters. The predicted octanol–water partition coefficient (Wildman–Crippen LogP) is 3.50. The van der Waals surface area contributed by atoms with Gasteiger partial charge in [0.15, 0.2) is 0 Å². The quantitative estimate of drug-likeness (QED) is 0.673. The fourth-order valence-corrected chi connectivity index (χ4v) is 4.11. The minimum Gasteiger partial charge on any atom is -0.314 e. The van der Waals surface area contributed by atoms with E-state index in [9.17, 15) is 0 Å². The van der Waals surface area contributed by atoms with Gasteiger partial charge in [-0.05, 0) is 63.9 Å². The molecule has 0 amide bonds. The van der Waals surface area contributed by atoms with Crippen LogP contribution in [0.2, 0.25) is 0 Å². The van der Waals surface area contributed by atoms with Gasteiger partial charge in [-0.15, -0.1) is 0 Å². The van der Waals surface area contributed by atoms with Gasteiger partial charge in [0.1, 0.15) is 5.00 Å². The maximum Gasteiger partial charge on any atom is 0.228 e. The van der Waals surface area contributed by atoms with E-state index in [1.807, 2.05) is 32.3 Å². The molecule has 7 nitrogen and oxygen atoms in total. The van der Waals surface area contributed by atoms with Crippen molar-refractivity contribution in [1.82, 2.24) is 29.0 Å². The van der Waals surface area contributed by atoms with Crippen molar-refractivity contribution in [2.75, 3.05) is 26.0 Å². The Balaban J connectivity index is 1.53. The molecule has 0 aliphatic heterocycles. The van der Waals surface area contributed by atoms with Crippen LogP contribution in [0.5, 0.6) is 0 Å². The molecule has 1 saturated carbocycles. The van der Waals surface area contributed by atoms with E-state index in [4.69, 9.17) is 4.98 Å². The summed E-state index contributed by atoms with van der Waals surface area (Å²) in [6, 6.07) is 1.99. The van der Waals surface area contributed by atoms with E-state index in [0.29, 0.717) is 11.4 Å². The smallest absolute Gasteiger partial charge is 0.228 e. The van der Waals surface area contributed by atoms with E-state index >= 15 is 0 Å². The summed E-state index contributed by atoms with van der Waals surface area (Å²) in [5.74, 6) is 0.582. The number of nitrogens with zero attached hydrogens (tertiary/aromatic N) is 6. The van der Waals surface area contributed by atoms with Crippen LogP contribution in [0.1, 0.15) is 24.1 Å². The van der Waals surface area contributed by atoms with Gasteiger partial charge in [0.2, 0.25) is 5.95 Å². The van der Waals surface area contributed by atoms with Crippen molar-refractivity contribution >= 4 is 22.5 Å². The zero-order valence-corrected chi connectivity index (χ0v) is 17.0. The van der Waals surface area contributed by atoms with E-state index < -0.39 is 0 Å². The molecule has 0 saturated heterocycles. The highest BCUT2D eigenvalue weighted by molar-refractivity contribution is 7.10. The van der Waals surface area contributed by atoms with Crippen LogP contribution < -0.4 is 5.32 Å². The summed E-state index contributed by atoms with van der Waals surface area (Å²) < 4.78 is 6.34. The molecular weight excluding hydrogens is 358 g/mol. The van der Waals surface area contributed by atoms with Gasteiger partial charge in [0, 0.05) is 36.5 Å². The highest BCUT2D eigenvalue weighted by atomic mass is 32.1. The van der Waals surface area contributed by atoms with E-state index in [2.05, 4.69) is 49.6 Å². The Morgan fingerprint density at radius 1 is 1.26 bits per heavy atom. The number of hydrogen-bond acceptors (Lipinski definition) is 7. The average molecular weight is 384 g/mol.